The molecule has 0 bridgehead atoms. The van der Waals surface area contributed by atoms with Crippen molar-refractivity contribution in [3.63, 3.8) is 0 Å². The molecule has 1 aliphatic rings. The first-order chi connectivity index (χ1) is 14.1. The molecule has 6 nitrogen and oxygen atoms in total. The van der Waals surface area contributed by atoms with Gasteiger partial charge >= 0.3 is 0 Å². The Hall–Kier alpha value is -3.38. The van der Waals surface area contributed by atoms with Crippen molar-refractivity contribution in [3.05, 3.63) is 94.8 Å². The van der Waals surface area contributed by atoms with Crippen molar-refractivity contribution in [1.29, 1.82) is 0 Å². The van der Waals surface area contributed by atoms with Crippen LogP contribution in [0.5, 0.6) is 5.75 Å². The van der Waals surface area contributed by atoms with Crippen LogP contribution in [0.3, 0.4) is 0 Å². The van der Waals surface area contributed by atoms with Crippen LogP contribution in [0.25, 0.3) is 0 Å². The molecule has 0 saturated carbocycles. The molecule has 0 radical (unpaired) electrons. The third-order valence-electron chi connectivity index (χ3n) is 4.87. The molecule has 29 heavy (non-hydrogen) atoms. The van der Waals surface area contributed by atoms with Crippen molar-refractivity contribution in [1.82, 2.24) is 9.88 Å². The first-order valence-electron chi connectivity index (χ1n) is 9.05. The number of carbonyl (C=O) groups excluding carboxylic acids is 2. The Kier molecular flexibility index (Phi) is 5.18. The lowest BCUT2D eigenvalue weighted by atomic mass is 9.98. The minimum atomic E-state index is -0.984. The summed E-state index contributed by atoms with van der Waals surface area (Å²) in [7, 11) is 0. The summed E-state index contributed by atoms with van der Waals surface area (Å²) in [6.07, 6.45) is 3.05. The number of ether oxygens (including phenoxy) is 1. The first kappa shape index (κ1) is 19.0. The van der Waals surface area contributed by atoms with Crippen molar-refractivity contribution in [2.75, 3.05) is 6.61 Å². The Balaban J connectivity index is 1.86. The largest absolute Gasteiger partial charge is 0.491 e. The van der Waals surface area contributed by atoms with E-state index in [9.17, 15) is 9.59 Å². The van der Waals surface area contributed by atoms with Crippen LogP contribution in [0.1, 0.15) is 33.6 Å². The first-order valence-corrected chi connectivity index (χ1v) is 9.43. The minimum Gasteiger partial charge on any atom is -0.491 e. The van der Waals surface area contributed by atoms with Crippen LogP contribution in [-0.4, -0.2) is 28.3 Å². The van der Waals surface area contributed by atoms with Gasteiger partial charge < -0.3 is 15.4 Å². The fourth-order valence-electron chi connectivity index (χ4n) is 3.57. The Bertz CT molecular complexity index is 1040. The van der Waals surface area contributed by atoms with E-state index in [4.69, 9.17) is 22.1 Å². The van der Waals surface area contributed by atoms with Gasteiger partial charge in [-0.05, 0) is 35.9 Å². The van der Waals surface area contributed by atoms with E-state index >= 15 is 0 Å². The number of carbonyl (C=O) groups is 2. The number of hydrogen-bond donors (Lipinski definition) is 1. The summed E-state index contributed by atoms with van der Waals surface area (Å²) >= 11 is 6.19. The molecule has 1 aromatic heterocycles. The lowest BCUT2D eigenvalue weighted by molar-refractivity contribution is -0.123. The molecule has 7 heteroatoms. The van der Waals surface area contributed by atoms with E-state index in [1.54, 1.807) is 60.8 Å². The summed E-state index contributed by atoms with van der Waals surface area (Å²) in [5.41, 5.74) is 7.49. The lowest BCUT2D eigenvalue weighted by Crippen LogP contribution is -2.44. The molecule has 2 atom stereocenters. The van der Waals surface area contributed by atoms with Gasteiger partial charge in [-0.1, -0.05) is 41.9 Å². The highest BCUT2D eigenvalue weighted by Gasteiger charge is 2.40. The fourth-order valence-corrected chi connectivity index (χ4v) is 3.75. The van der Waals surface area contributed by atoms with Crippen LogP contribution in [0.15, 0.2) is 73.1 Å². The van der Waals surface area contributed by atoms with Crippen LogP contribution in [0.2, 0.25) is 5.02 Å². The summed E-state index contributed by atoms with van der Waals surface area (Å²) in [6.45, 7) is 0.193. The molecule has 0 spiro atoms. The monoisotopic (exact) mass is 407 g/mol. The molecular formula is C22H18ClN3O3. The zero-order valence-corrected chi connectivity index (χ0v) is 16.1. The summed E-state index contributed by atoms with van der Waals surface area (Å²) in [6, 6.07) is 16.0. The lowest BCUT2D eigenvalue weighted by Gasteiger charge is -2.34. The average molecular weight is 408 g/mol. The van der Waals surface area contributed by atoms with E-state index < -0.39 is 18.0 Å². The minimum absolute atomic E-state index is 0.193. The third-order valence-corrected chi connectivity index (χ3v) is 5.10. The second kappa shape index (κ2) is 7.93. The molecule has 146 valence electrons. The number of amides is 2. The number of hydrogen-bond acceptors (Lipinski definition) is 4. The maximum absolute atomic E-state index is 13.5. The molecule has 0 saturated heterocycles. The van der Waals surface area contributed by atoms with Crippen molar-refractivity contribution < 1.29 is 14.3 Å². The number of fused-ring (bicyclic) bond motifs is 1. The summed E-state index contributed by atoms with van der Waals surface area (Å²) in [5.74, 6) is -0.379. The van der Waals surface area contributed by atoms with Crippen molar-refractivity contribution in [2.24, 2.45) is 5.73 Å². The highest BCUT2D eigenvalue weighted by atomic mass is 35.5. The van der Waals surface area contributed by atoms with Crippen LogP contribution in [0.4, 0.5) is 0 Å². The maximum atomic E-state index is 13.5. The average Bonchev–Trinajstić information content (AvgIpc) is 3.15. The summed E-state index contributed by atoms with van der Waals surface area (Å²) < 4.78 is 5.78. The summed E-state index contributed by atoms with van der Waals surface area (Å²) in [4.78, 5) is 31.6. The molecule has 0 unspecified atom stereocenters. The Morgan fingerprint density at radius 3 is 2.62 bits per heavy atom. The molecular weight excluding hydrogens is 390 g/mol. The van der Waals surface area contributed by atoms with E-state index in [2.05, 4.69) is 4.98 Å². The van der Waals surface area contributed by atoms with Gasteiger partial charge in [-0.25, -0.2) is 0 Å². The molecule has 4 rings (SSSR count). The van der Waals surface area contributed by atoms with Crippen molar-refractivity contribution in [2.45, 2.75) is 12.1 Å². The maximum Gasteiger partial charge on any atom is 0.257 e. The van der Waals surface area contributed by atoms with Gasteiger partial charge in [-0.2, -0.15) is 0 Å². The molecule has 2 aromatic carbocycles. The zero-order valence-electron chi connectivity index (χ0n) is 15.4. The number of halogens is 1. The number of nitrogens with zero attached hydrogens (tertiary/aromatic N) is 2. The van der Waals surface area contributed by atoms with Gasteiger partial charge in [0, 0.05) is 23.0 Å². The van der Waals surface area contributed by atoms with Gasteiger partial charge in [-0.15, -0.1) is 0 Å². The highest BCUT2D eigenvalue weighted by Crippen LogP contribution is 2.41. The second-order valence-electron chi connectivity index (χ2n) is 6.68. The van der Waals surface area contributed by atoms with Crippen molar-refractivity contribution in [3.8, 4) is 5.75 Å². The molecule has 2 amide bonds. The Labute approximate surface area is 172 Å². The molecule has 0 aliphatic carbocycles. The number of pyridine rings is 1. The predicted molar refractivity (Wildman–Crippen MR) is 108 cm³/mol. The van der Waals surface area contributed by atoms with Gasteiger partial charge in [0.15, 0.2) is 0 Å². The topological polar surface area (TPSA) is 85.5 Å². The van der Waals surface area contributed by atoms with Crippen LogP contribution in [0, 0.1) is 0 Å². The molecule has 3 aromatic rings. The standard InChI is InChI=1S/C22H18ClN3O3/c23-16-8-9-19-17(11-16)18(13-29-19)26(22(28)15-7-4-10-25-12-15)20(21(24)27)14-5-2-1-3-6-14/h1-12,18,20H,13H2,(H2,24,27)/t18-,20-/m1/s1. The van der Waals surface area contributed by atoms with Gasteiger partial charge in [0.05, 0.1) is 11.6 Å². The van der Waals surface area contributed by atoms with Crippen molar-refractivity contribution >= 4 is 23.4 Å². The van der Waals surface area contributed by atoms with Crippen LogP contribution < -0.4 is 10.5 Å². The number of nitrogens with two attached hydrogens (primary N) is 1. The van der Waals surface area contributed by atoms with Crippen LogP contribution >= 0.6 is 11.6 Å². The molecule has 2 N–H and O–H groups in total. The van der Waals surface area contributed by atoms with E-state index in [-0.39, 0.29) is 12.5 Å². The smallest absolute Gasteiger partial charge is 0.257 e. The number of primary amides is 1. The predicted octanol–water partition coefficient (Wildman–Crippen LogP) is 3.54. The quantitative estimate of drug-likeness (QED) is 0.701. The normalized spacial score (nSPS) is 15.8. The number of aromatic nitrogens is 1. The third kappa shape index (κ3) is 3.67. The molecule has 2 heterocycles. The van der Waals surface area contributed by atoms with Gasteiger partial charge in [0.25, 0.3) is 5.91 Å². The van der Waals surface area contributed by atoms with E-state index in [1.807, 2.05) is 6.07 Å². The fraction of sp³-hybridized carbons (Fsp3) is 0.136. The van der Waals surface area contributed by atoms with E-state index in [0.717, 1.165) is 5.56 Å². The summed E-state index contributed by atoms with van der Waals surface area (Å²) in [5, 5.41) is 0.517. The Morgan fingerprint density at radius 2 is 1.93 bits per heavy atom. The van der Waals surface area contributed by atoms with E-state index in [0.29, 0.717) is 21.9 Å². The zero-order chi connectivity index (χ0) is 20.4. The Morgan fingerprint density at radius 1 is 1.14 bits per heavy atom. The second-order valence-corrected chi connectivity index (χ2v) is 7.12. The number of rotatable bonds is 5. The highest BCUT2D eigenvalue weighted by molar-refractivity contribution is 6.30. The molecule has 0 fully saturated rings. The van der Waals surface area contributed by atoms with Gasteiger partial charge in [0.2, 0.25) is 5.91 Å². The SMILES string of the molecule is NC(=O)[C@@H](c1ccccc1)N(C(=O)c1cccnc1)[C@@H]1COc2ccc(Cl)cc21. The van der Waals surface area contributed by atoms with Crippen LogP contribution in [-0.2, 0) is 4.79 Å². The van der Waals surface area contributed by atoms with E-state index in [1.165, 1.54) is 11.1 Å². The molecule has 1 aliphatic heterocycles. The van der Waals surface area contributed by atoms with Gasteiger partial charge in [-0.3, -0.25) is 14.6 Å². The number of benzene rings is 2. The van der Waals surface area contributed by atoms with Gasteiger partial charge in [0.1, 0.15) is 18.4 Å².